The van der Waals surface area contributed by atoms with E-state index in [4.69, 9.17) is 10.2 Å². The van der Waals surface area contributed by atoms with Crippen LogP contribution in [0.4, 0.5) is 6.01 Å². The number of aromatic nitrogens is 2. The zero-order valence-corrected chi connectivity index (χ0v) is 8.36. The molecule has 78 valence electrons. The van der Waals surface area contributed by atoms with Gasteiger partial charge in [-0.2, -0.15) is 0 Å². The normalized spacial score (nSPS) is 18.1. The molecular weight excluding hydrogens is 180 g/mol. The molecule has 0 aromatic carbocycles. The Hall–Kier alpha value is -1.10. The predicted octanol–water partition coefficient (Wildman–Crippen LogP) is 0.986. The van der Waals surface area contributed by atoms with Crippen LogP contribution >= 0.6 is 0 Å². The molecule has 0 radical (unpaired) electrons. The molecule has 0 spiro atoms. The number of rotatable bonds is 5. The third-order valence-corrected chi connectivity index (χ3v) is 2.64. The Morgan fingerprint density at radius 2 is 2.36 bits per heavy atom. The van der Waals surface area contributed by atoms with E-state index in [1.54, 1.807) is 0 Å². The summed E-state index contributed by atoms with van der Waals surface area (Å²) in [6.45, 7) is 3.44. The molecule has 1 fully saturated rings. The van der Waals surface area contributed by atoms with E-state index in [1.165, 1.54) is 12.8 Å². The van der Waals surface area contributed by atoms with Crippen molar-refractivity contribution in [2.45, 2.75) is 26.3 Å². The van der Waals surface area contributed by atoms with Crippen LogP contribution in [-0.2, 0) is 6.54 Å². The lowest BCUT2D eigenvalue weighted by Crippen LogP contribution is -2.12. The molecule has 2 rings (SSSR count). The second-order valence-electron chi connectivity index (χ2n) is 3.90. The summed E-state index contributed by atoms with van der Waals surface area (Å²) in [6, 6.07) is 0.484. The molecule has 1 unspecified atom stereocenters. The minimum absolute atomic E-state index is 0.298. The predicted molar refractivity (Wildman–Crippen MR) is 52.6 cm³/mol. The van der Waals surface area contributed by atoms with Crippen LogP contribution in [0.5, 0.6) is 0 Å². The number of nitrogens with two attached hydrogens (primary N) is 1. The maximum absolute atomic E-state index is 5.35. The van der Waals surface area contributed by atoms with Gasteiger partial charge in [0.2, 0.25) is 5.89 Å². The monoisotopic (exact) mass is 196 g/mol. The Bertz CT molecular complexity index is 295. The van der Waals surface area contributed by atoms with Gasteiger partial charge in [-0.25, -0.2) is 0 Å². The van der Waals surface area contributed by atoms with E-state index in [2.05, 4.69) is 22.4 Å². The second-order valence-corrected chi connectivity index (χ2v) is 3.90. The Morgan fingerprint density at radius 1 is 1.57 bits per heavy atom. The molecule has 0 bridgehead atoms. The quantitative estimate of drug-likeness (QED) is 0.734. The highest BCUT2D eigenvalue weighted by Crippen LogP contribution is 2.36. The molecule has 3 N–H and O–H groups in total. The first-order chi connectivity index (χ1) is 6.79. The highest BCUT2D eigenvalue weighted by atomic mass is 16.4. The van der Waals surface area contributed by atoms with Crippen molar-refractivity contribution in [3.63, 3.8) is 0 Å². The van der Waals surface area contributed by atoms with Crippen molar-refractivity contribution < 1.29 is 4.42 Å². The highest BCUT2D eigenvalue weighted by molar-refractivity contribution is 5.17. The average Bonchev–Trinajstić information content (AvgIpc) is 2.94. The van der Waals surface area contributed by atoms with Crippen molar-refractivity contribution in [3.05, 3.63) is 5.89 Å². The van der Waals surface area contributed by atoms with Crippen LogP contribution in [0.1, 0.15) is 25.7 Å². The molecule has 0 amide bonds. The van der Waals surface area contributed by atoms with Gasteiger partial charge in [0.15, 0.2) is 0 Å². The second kappa shape index (κ2) is 3.96. The van der Waals surface area contributed by atoms with Crippen molar-refractivity contribution in [1.29, 1.82) is 0 Å². The summed E-state index contributed by atoms with van der Waals surface area (Å²) in [4.78, 5) is 0. The number of hydrogen-bond acceptors (Lipinski definition) is 5. The summed E-state index contributed by atoms with van der Waals surface area (Å²) in [5.74, 6) is 2.05. The van der Waals surface area contributed by atoms with E-state index in [0.29, 0.717) is 24.4 Å². The van der Waals surface area contributed by atoms with E-state index < -0.39 is 0 Å². The van der Waals surface area contributed by atoms with Gasteiger partial charge in [0, 0.05) is 6.54 Å². The molecule has 1 atom stereocenters. The first kappa shape index (κ1) is 9.45. The first-order valence-electron chi connectivity index (χ1n) is 5.06. The first-order valence-corrected chi connectivity index (χ1v) is 5.06. The van der Waals surface area contributed by atoms with Gasteiger partial charge < -0.3 is 15.5 Å². The summed E-state index contributed by atoms with van der Waals surface area (Å²) in [7, 11) is 0. The summed E-state index contributed by atoms with van der Waals surface area (Å²) in [5, 5.41) is 10.7. The fourth-order valence-corrected chi connectivity index (χ4v) is 1.49. The van der Waals surface area contributed by atoms with Crippen molar-refractivity contribution in [3.8, 4) is 0 Å². The zero-order valence-electron chi connectivity index (χ0n) is 8.36. The number of anilines is 1. The molecular formula is C9H16N4O. The largest absolute Gasteiger partial charge is 0.407 e. The van der Waals surface area contributed by atoms with Crippen molar-refractivity contribution >= 4 is 6.01 Å². The molecule has 14 heavy (non-hydrogen) atoms. The van der Waals surface area contributed by atoms with Crippen LogP contribution in [-0.4, -0.2) is 16.7 Å². The molecule has 0 saturated heterocycles. The van der Waals surface area contributed by atoms with E-state index in [1.807, 2.05) is 0 Å². The Balaban J connectivity index is 1.78. The number of nitrogens with one attached hydrogen (secondary N) is 1. The fraction of sp³-hybridized carbons (Fsp3) is 0.778. The van der Waals surface area contributed by atoms with Gasteiger partial charge in [-0.3, -0.25) is 0 Å². The summed E-state index contributed by atoms with van der Waals surface area (Å²) >= 11 is 0. The smallest absolute Gasteiger partial charge is 0.315 e. The maximum Gasteiger partial charge on any atom is 0.315 e. The third-order valence-electron chi connectivity index (χ3n) is 2.64. The van der Waals surface area contributed by atoms with Crippen LogP contribution in [0.3, 0.4) is 0 Å². The fourth-order valence-electron chi connectivity index (χ4n) is 1.49. The van der Waals surface area contributed by atoms with E-state index in [0.717, 1.165) is 12.5 Å². The van der Waals surface area contributed by atoms with Gasteiger partial charge in [0.25, 0.3) is 0 Å². The van der Waals surface area contributed by atoms with Crippen LogP contribution in [0, 0.1) is 11.8 Å². The molecule has 5 nitrogen and oxygen atoms in total. The Kier molecular flexibility index (Phi) is 2.67. The number of nitrogens with zero attached hydrogens (tertiary/aromatic N) is 2. The molecule has 1 aliphatic rings. The van der Waals surface area contributed by atoms with Gasteiger partial charge in [-0.1, -0.05) is 12.0 Å². The van der Waals surface area contributed by atoms with Crippen molar-refractivity contribution in [2.24, 2.45) is 17.6 Å². The van der Waals surface area contributed by atoms with Crippen LogP contribution in [0.2, 0.25) is 0 Å². The zero-order chi connectivity index (χ0) is 9.97. The number of hydrogen-bond donors (Lipinski definition) is 2. The maximum atomic E-state index is 5.35. The molecule has 1 aromatic heterocycles. The van der Waals surface area contributed by atoms with Gasteiger partial charge in [0.1, 0.15) is 0 Å². The lowest BCUT2D eigenvalue weighted by atomic mass is 10.1. The van der Waals surface area contributed by atoms with E-state index in [9.17, 15) is 0 Å². The SMILES string of the molecule is CC(CNc1nnc(CN)o1)C1CC1. The Morgan fingerprint density at radius 3 is 2.93 bits per heavy atom. The van der Waals surface area contributed by atoms with Crippen molar-refractivity contribution in [2.75, 3.05) is 11.9 Å². The lowest BCUT2D eigenvalue weighted by molar-refractivity contribution is 0.489. The van der Waals surface area contributed by atoms with Gasteiger partial charge >= 0.3 is 6.01 Å². The summed E-state index contributed by atoms with van der Waals surface area (Å²) in [6.07, 6.45) is 2.72. The molecule has 1 saturated carbocycles. The highest BCUT2D eigenvalue weighted by Gasteiger charge is 2.27. The molecule has 1 aromatic rings. The van der Waals surface area contributed by atoms with Gasteiger partial charge in [-0.15, -0.1) is 5.10 Å². The molecule has 0 aliphatic heterocycles. The van der Waals surface area contributed by atoms with Crippen LogP contribution in [0.15, 0.2) is 4.42 Å². The summed E-state index contributed by atoms with van der Waals surface area (Å²) in [5.41, 5.74) is 5.35. The molecule has 1 heterocycles. The van der Waals surface area contributed by atoms with Crippen molar-refractivity contribution in [1.82, 2.24) is 10.2 Å². The van der Waals surface area contributed by atoms with E-state index in [-0.39, 0.29) is 0 Å². The third kappa shape index (κ3) is 2.23. The van der Waals surface area contributed by atoms with Crippen LogP contribution < -0.4 is 11.1 Å². The topological polar surface area (TPSA) is 77.0 Å². The lowest BCUT2D eigenvalue weighted by Gasteiger charge is -2.08. The average molecular weight is 196 g/mol. The minimum atomic E-state index is 0.298. The standard InChI is InChI=1S/C9H16N4O/c1-6(7-2-3-7)5-11-9-13-12-8(4-10)14-9/h6-7H,2-5,10H2,1H3,(H,11,13). The van der Waals surface area contributed by atoms with Gasteiger partial charge in [-0.05, 0) is 24.7 Å². The van der Waals surface area contributed by atoms with Crippen LogP contribution in [0.25, 0.3) is 0 Å². The summed E-state index contributed by atoms with van der Waals surface area (Å²) < 4.78 is 5.23. The Labute approximate surface area is 83.1 Å². The van der Waals surface area contributed by atoms with Gasteiger partial charge in [0.05, 0.1) is 6.54 Å². The minimum Gasteiger partial charge on any atom is -0.407 e. The molecule has 5 heteroatoms. The van der Waals surface area contributed by atoms with E-state index >= 15 is 0 Å². The molecule has 1 aliphatic carbocycles.